The van der Waals surface area contributed by atoms with Crippen molar-refractivity contribution in [3.05, 3.63) is 58.9 Å². The maximum Gasteiger partial charge on any atom is 0.138 e. The maximum absolute atomic E-state index is 5.05. The Morgan fingerprint density at radius 2 is 1.72 bits per heavy atom. The van der Waals surface area contributed by atoms with Gasteiger partial charge in [0.15, 0.2) is 0 Å². The lowest BCUT2D eigenvalue weighted by Crippen LogP contribution is -2.08. The van der Waals surface area contributed by atoms with Gasteiger partial charge < -0.3 is 5.32 Å². The molecule has 0 radical (unpaired) electrons. The fourth-order valence-corrected chi connectivity index (χ4v) is 4.08. The molecule has 1 fully saturated rings. The topological polar surface area (TPSA) is 29.3 Å². The first-order valence-corrected chi connectivity index (χ1v) is 9.45. The SMILES string of the molecule is Cc1ccn2c(Nc3c(C)cccc3C)c(C3CCCCC3)nc2c1. The summed E-state index contributed by atoms with van der Waals surface area (Å²) in [5.74, 6) is 1.72. The summed E-state index contributed by atoms with van der Waals surface area (Å²) in [6, 6.07) is 10.8. The highest BCUT2D eigenvalue weighted by atomic mass is 15.1. The minimum Gasteiger partial charge on any atom is -0.339 e. The zero-order valence-electron chi connectivity index (χ0n) is 15.5. The predicted octanol–water partition coefficient (Wildman–Crippen LogP) is 6.05. The number of aromatic nitrogens is 2. The third-order valence-corrected chi connectivity index (χ3v) is 5.53. The van der Waals surface area contributed by atoms with Crippen LogP contribution in [0.5, 0.6) is 0 Å². The molecule has 25 heavy (non-hydrogen) atoms. The van der Waals surface area contributed by atoms with Crippen LogP contribution in [0.2, 0.25) is 0 Å². The molecule has 0 saturated heterocycles. The number of anilines is 2. The maximum atomic E-state index is 5.05. The molecule has 4 rings (SSSR count). The van der Waals surface area contributed by atoms with Gasteiger partial charge in [0, 0.05) is 17.8 Å². The van der Waals surface area contributed by atoms with Crippen LogP contribution in [-0.4, -0.2) is 9.38 Å². The number of pyridine rings is 1. The summed E-state index contributed by atoms with van der Waals surface area (Å²) in [7, 11) is 0. The van der Waals surface area contributed by atoms with Crippen LogP contribution in [0.1, 0.15) is 60.4 Å². The Bertz CT molecular complexity index is 881. The summed E-state index contributed by atoms with van der Waals surface area (Å²) in [6.07, 6.45) is 8.66. The van der Waals surface area contributed by atoms with Gasteiger partial charge in [-0.05, 0) is 62.4 Å². The molecule has 3 aromatic rings. The van der Waals surface area contributed by atoms with Crippen LogP contribution in [0.15, 0.2) is 36.5 Å². The fraction of sp³-hybridized carbons (Fsp3) is 0.409. The number of rotatable bonds is 3. The van der Waals surface area contributed by atoms with E-state index in [0.717, 1.165) is 11.5 Å². The highest BCUT2D eigenvalue weighted by molar-refractivity contribution is 5.69. The Morgan fingerprint density at radius 1 is 1.00 bits per heavy atom. The number of para-hydroxylation sites is 1. The summed E-state index contributed by atoms with van der Waals surface area (Å²) >= 11 is 0. The van der Waals surface area contributed by atoms with E-state index in [4.69, 9.17) is 4.98 Å². The molecule has 0 bridgehead atoms. The minimum atomic E-state index is 0.570. The number of hydrogen-bond acceptors (Lipinski definition) is 2. The third kappa shape index (κ3) is 3.04. The molecule has 1 aliphatic rings. The number of imidazole rings is 1. The van der Waals surface area contributed by atoms with E-state index in [0.29, 0.717) is 5.92 Å². The fourth-order valence-electron chi connectivity index (χ4n) is 4.08. The van der Waals surface area contributed by atoms with Gasteiger partial charge in [0.05, 0.1) is 5.69 Å². The van der Waals surface area contributed by atoms with E-state index in [1.165, 1.54) is 60.2 Å². The van der Waals surface area contributed by atoms with E-state index in [1.807, 2.05) is 0 Å². The van der Waals surface area contributed by atoms with Gasteiger partial charge >= 0.3 is 0 Å². The number of nitrogens with one attached hydrogen (secondary N) is 1. The molecule has 0 aliphatic heterocycles. The van der Waals surface area contributed by atoms with Crippen LogP contribution in [0, 0.1) is 20.8 Å². The van der Waals surface area contributed by atoms with Crippen molar-refractivity contribution >= 4 is 17.2 Å². The Hall–Kier alpha value is -2.29. The van der Waals surface area contributed by atoms with Crippen molar-refractivity contribution < 1.29 is 0 Å². The number of benzene rings is 1. The smallest absolute Gasteiger partial charge is 0.138 e. The van der Waals surface area contributed by atoms with Gasteiger partial charge in [0.1, 0.15) is 11.5 Å². The minimum absolute atomic E-state index is 0.570. The first-order chi connectivity index (χ1) is 12.1. The first kappa shape index (κ1) is 16.2. The van der Waals surface area contributed by atoms with Gasteiger partial charge in [-0.2, -0.15) is 0 Å². The average Bonchev–Trinajstić information content (AvgIpc) is 2.96. The van der Waals surface area contributed by atoms with Gasteiger partial charge in [0.2, 0.25) is 0 Å². The number of hydrogen-bond donors (Lipinski definition) is 1. The summed E-state index contributed by atoms with van der Waals surface area (Å²) in [6.45, 7) is 6.47. The second-order valence-corrected chi connectivity index (χ2v) is 7.50. The standard InChI is InChI=1S/C22H27N3/c1-15-12-13-25-19(14-15)23-21(18-10-5-4-6-11-18)22(25)24-20-16(2)8-7-9-17(20)3/h7-9,12-14,18,24H,4-6,10-11H2,1-3H3. The molecule has 2 heterocycles. The highest BCUT2D eigenvalue weighted by Gasteiger charge is 2.24. The molecule has 3 nitrogen and oxygen atoms in total. The summed E-state index contributed by atoms with van der Waals surface area (Å²) < 4.78 is 2.23. The second-order valence-electron chi connectivity index (χ2n) is 7.50. The molecule has 3 heteroatoms. The third-order valence-electron chi connectivity index (χ3n) is 5.53. The van der Waals surface area contributed by atoms with Gasteiger partial charge in [-0.15, -0.1) is 0 Å². The number of fused-ring (bicyclic) bond motifs is 1. The average molecular weight is 333 g/mol. The first-order valence-electron chi connectivity index (χ1n) is 9.45. The van der Waals surface area contributed by atoms with Crippen LogP contribution < -0.4 is 5.32 Å². The van der Waals surface area contributed by atoms with Gasteiger partial charge in [0.25, 0.3) is 0 Å². The van der Waals surface area contributed by atoms with E-state index >= 15 is 0 Å². The van der Waals surface area contributed by atoms with E-state index in [2.05, 4.69) is 67.0 Å². The van der Waals surface area contributed by atoms with Crippen LogP contribution in [0.25, 0.3) is 5.65 Å². The molecule has 2 aromatic heterocycles. The van der Waals surface area contributed by atoms with Crippen LogP contribution in [0.3, 0.4) is 0 Å². The van der Waals surface area contributed by atoms with Gasteiger partial charge in [-0.25, -0.2) is 4.98 Å². The normalized spacial score (nSPS) is 15.6. The van der Waals surface area contributed by atoms with Crippen molar-refractivity contribution in [1.82, 2.24) is 9.38 Å². The summed E-state index contributed by atoms with van der Waals surface area (Å²) in [5, 5.41) is 3.75. The molecule has 0 atom stereocenters. The van der Waals surface area contributed by atoms with Crippen molar-refractivity contribution in [2.24, 2.45) is 0 Å². The van der Waals surface area contributed by atoms with Crippen molar-refractivity contribution in [3.8, 4) is 0 Å². The lowest BCUT2D eigenvalue weighted by Gasteiger charge is -2.22. The molecule has 0 unspecified atom stereocenters. The van der Waals surface area contributed by atoms with E-state index in [-0.39, 0.29) is 0 Å². The van der Waals surface area contributed by atoms with E-state index in [9.17, 15) is 0 Å². The molecule has 1 aliphatic carbocycles. The Balaban J connectivity index is 1.85. The zero-order chi connectivity index (χ0) is 17.4. The van der Waals surface area contributed by atoms with Crippen molar-refractivity contribution in [2.75, 3.05) is 5.32 Å². The molecule has 1 N–H and O–H groups in total. The molecule has 130 valence electrons. The second kappa shape index (κ2) is 6.55. The Morgan fingerprint density at radius 3 is 2.44 bits per heavy atom. The molecular weight excluding hydrogens is 306 g/mol. The summed E-state index contributed by atoms with van der Waals surface area (Å²) in [5.41, 5.74) is 7.31. The highest BCUT2D eigenvalue weighted by Crippen LogP contribution is 2.38. The van der Waals surface area contributed by atoms with Gasteiger partial charge in [-0.3, -0.25) is 4.40 Å². The number of nitrogens with zero attached hydrogens (tertiary/aromatic N) is 2. The monoisotopic (exact) mass is 333 g/mol. The van der Waals surface area contributed by atoms with Crippen LogP contribution in [-0.2, 0) is 0 Å². The molecule has 0 amide bonds. The van der Waals surface area contributed by atoms with E-state index in [1.54, 1.807) is 0 Å². The van der Waals surface area contributed by atoms with Crippen molar-refractivity contribution in [1.29, 1.82) is 0 Å². The predicted molar refractivity (Wildman–Crippen MR) is 105 cm³/mol. The van der Waals surface area contributed by atoms with E-state index < -0.39 is 0 Å². The quantitative estimate of drug-likeness (QED) is 0.632. The molecule has 1 aromatic carbocycles. The van der Waals surface area contributed by atoms with Gasteiger partial charge in [-0.1, -0.05) is 37.5 Å². The van der Waals surface area contributed by atoms with Crippen molar-refractivity contribution in [3.63, 3.8) is 0 Å². The lowest BCUT2D eigenvalue weighted by molar-refractivity contribution is 0.439. The van der Waals surface area contributed by atoms with Crippen LogP contribution in [0.4, 0.5) is 11.5 Å². The van der Waals surface area contributed by atoms with Crippen LogP contribution >= 0.6 is 0 Å². The Labute approximate surface area is 150 Å². The number of aryl methyl sites for hydroxylation is 3. The largest absolute Gasteiger partial charge is 0.339 e. The molecular formula is C22H27N3. The zero-order valence-corrected chi connectivity index (χ0v) is 15.5. The molecule has 1 saturated carbocycles. The molecule has 0 spiro atoms. The Kier molecular flexibility index (Phi) is 4.24. The lowest BCUT2D eigenvalue weighted by atomic mass is 9.87. The summed E-state index contributed by atoms with van der Waals surface area (Å²) in [4.78, 5) is 5.05. The van der Waals surface area contributed by atoms with Crippen molar-refractivity contribution in [2.45, 2.75) is 58.8 Å².